The van der Waals surface area contributed by atoms with E-state index in [-0.39, 0.29) is 10.7 Å². The zero-order chi connectivity index (χ0) is 12.6. The number of benzene rings is 1. The van der Waals surface area contributed by atoms with E-state index < -0.39 is 5.97 Å². The van der Waals surface area contributed by atoms with Gasteiger partial charge in [-0.05, 0) is 25.5 Å². The number of nitrogens with zero attached hydrogens (tertiary/aromatic N) is 1. The average Bonchev–Trinajstić information content (AvgIpc) is 2.64. The van der Waals surface area contributed by atoms with Gasteiger partial charge in [-0.15, -0.1) is 0 Å². The molecule has 4 nitrogen and oxygen atoms in total. The number of aromatic carboxylic acids is 1. The van der Waals surface area contributed by atoms with Crippen LogP contribution in [-0.4, -0.2) is 16.1 Å². The standard InChI is InChI=1S/C12H12N2O2S/c1-6-3-4-7(2)8(5-6)11-14-9(12(15)16)10(13)17-11/h3-5H,13H2,1-2H3,(H,15,16). The summed E-state index contributed by atoms with van der Waals surface area (Å²) in [5, 5.41) is 9.81. The number of thiazole rings is 1. The smallest absolute Gasteiger partial charge is 0.357 e. The fraction of sp³-hybridized carbons (Fsp3) is 0.167. The number of hydrogen-bond donors (Lipinski definition) is 2. The largest absolute Gasteiger partial charge is 0.476 e. The van der Waals surface area contributed by atoms with Crippen LogP contribution >= 0.6 is 11.3 Å². The topological polar surface area (TPSA) is 76.2 Å². The van der Waals surface area contributed by atoms with Crippen LogP contribution in [0.2, 0.25) is 0 Å². The Bertz CT molecular complexity index is 590. The van der Waals surface area contributed by atoms with E-state index in [1.54, 1.807) is 0 Å². The fourth-order valence-corrected chi connectivity index (χ4v) is 2.47. The first-order valence-electron chi connectivity index (χ1n) is 5.06. The molecule has 0 atom stereocenters. The van der Waals surface area contributed by atoms with E-state index in [1.807, 2.05) is 32.0 Å². The molecule has 1 heterocycles. The SMILES string of the molecule is Cc1ccc(C)c(-c2nc(C(=O)O)c(N)s2)c1. The molecule has 0 aliphatic carbocycles. The Balaban J connectivity index is 2.57. The first-order valence-corrected chi connectivity index (χ1v) is 5.88. The third kappa shape index (κ3) is 2.14. The number of anilines is 1. The molecule has 5 heteroatoms. The maximum atomic E-state index is 10.9. The van der Waals surface area contributed by atoms with Gasteiger partial charge in [0.15, 0.2) is 5.69 Å². The molecule has 0 fully saturated rings. The first kappa shape index (κ1) is 11.6. The number of carboxylic acid groups (broad SMARTS) is 1. The highest BCUT2D eigenvalue weighted by Crippen LogP contribution is 2.32. The van der Waals surface area contributed by atoms with Crippen LogP contribution in [-0.2, 0) is 0 Å². The molecule has 0 aliphatic rings. The van der Waals surface area contributed by atoms with Crippen LogP contribution in [0.25, 0.3) is 10.6 Å². The predicted octanol–water partition coefficient (Wildman–Crippen LogP) is 2.71. The summed E-state index contributed by atoms with van der Waals surface area (Å²) in [6, 6.07) is 5.98. The maximum absolute atomic E-state index is 10.9. The number of nitrogens with two attached hydrogens (primary N) is 1. The van der Waals surface area contributed by atoms with Crippen LogP contribution in [0.15, 0.2) is 18.2 Å². The lowest BCUT2D eigenvalue weighted by atomic mass is 10.1. The summed E-state index contributed by atoms with van der Waals surface area (Å²) < 4.78 is 0. The second-order valence-electron chi connectivity index (χ2n) is 3.86. The van der Waals surface area contributed by atoms with Crippen molar-refractivity contribution < 1.29 is 9.90 Å². The summed E-state index contributed by atoms with van der Waals surface area (Å²) in [5.41, 5.74) is 8.68. The third-order valence-electron chi connectivity index (χ3n) is 2.48. The zero-order valence-electron chi connectivity index (χ0n) is 9.52. The van der Waals surface area contributed by atoms with Crippen LogP contribution in [0.3, 0.4) is 0 Å². The molecular formula is C12H12N2O2S. The summed E-state index contributed by atoms with van der Waals surface area (Å²) in [6.45, 7) is 3.95. The molecule has 0 saturated heterocycles. The van der Waals surface area contributed by atoms with Gasteiger partial charge in [-0.25, -0.2) is 9.78 Å². The minimum atomic E-state index is -1.09. The molecule has 0 unspecified atom stereocenters. The Kier molecular flexibility index (Phi) is 2.85. The second kappa shape index (κ2) is 4.18. The third-order valence-corrected chi connectivity index (χ3v) is 3.40. The van der Waals surface area contributed by atoms with Gasteiger partial charge in [0.1, 0.15) is 10.0 Å². The summed E-state index contributed by atoms with van der Waals surface area (Å²) in [4.78, 5) is 15.0. The van der Waals surface area contributed by atoms with Crippen molar-refractivity contribution in [3.8, 4) is 10.6 Å². The number of aromatic nitrogens is 1. The van der Waals surface area contributed by atoms with Crippen molar-refractivity contribution in [1.82, 2.24) is 4.98 Å². The quantitative estimate of drug-likeness (QED) is 0.856. The lowest BCUT2D eigenvalue weighted by molar-refractivity contribution is 0.0692. The van der Waals surface area contributed by atoms with Gasteiger partial charge in [0, 0.05) is 5.56 Å². The molecule has 2 rings (SSSR count). The van der Waals surface area contributed by atoms with Crippen LogP contribution in [0.1, 0.15) is 21.6 Å². The fourth-order valence-electron chi connectivity index (χ4n) is 1.57. The molecule has 0 aliphatic heterocycles. The lowest BCUT2D eigenvalue weighted by Gasteiger charge is -2.02. The van der Waals surface area contributed by atoms with Crippen molar-refractivity contribution in [2.45, 2.75) is 13.8 Å². The van der Waals surface area contributed by atoms with Gasteiger partial charge >= 0.3 is 5.97 Å². The minimum Gasteiger partial charge on any atom is -0.476 e. The van der Waals surface area contributed by atoms with E-state index in [4.69, 9.17) is 10.8 Å². The van der Waals surface area contributed by atoms with Gasteiger partial charge in [0.2, 0.25) is 0 Å². The van der Waals surface area contributed by atoms with Gasteiger partial charge in [-0.3, -0.25) is 0 Å². The van der Waals surface area contributed by atoms with E-state index in [0.29, 0.717) is 5.01 Å². The molecular weight excluding hydrogens is 236 g/mol. The first-order chi connectivity index (χ1) is 7.99. The van der Waals surface area contributed by atoms with Gasteiger partial charge in [0.25, 0.3) is 0 Å². The van der Waals surface area contributed by atoms with E-state index in [9.17, 15) is 4.79 Å². The molecule has 0 radical (unpaired) electrons. The van der Waals surface area contributed by atoms with Gasteiger partial charge in [-0.2, -0.15) is 0 Å². The van der Waals surface area contributed by atoms with Crippen molar-refractivity contribution in [1.29, 1.82) is 0 Å². The number of hydrogen-bond acceptors (Lipinski definition) is 4. The van der Waals surface area contributed by atoms with Crippen LogP contribution in [0.4, 0.5) is 5.00 Å². The zero-order valence-corrected chi connectivity index (χ0v) is 10.3. The van der Waals surface area contributed by atoms with Crippen LogP contribution < -0.4 is 5.73 Å². The summed E-state index contributed by atoms with van der Waals surface area (Å²) in [7, 11) is 0. The van der Waals surface area contributed by atoms with E-state index >= 15 is 0 Å². The average molecular weight is 248 g/mol. The van der Waals surface area contributed by atoms with Crippen molar-refractivity contribution in [3.63, 3.8) is 0 Å². The van der Waals surface area contributed by atoms with Gasteiger partial charge < -0.3 is 10.8 Å². The van der Waals surface area contributed by atoms with Crippen LogP contribution in [0.5, 0.6) is 0 Å². The van der Waals surface area contributed by atoms with Gasteiger partial charge in [-0.1, -0.05) is 29.0 Å². The summed E-state index contributed by atoms with van der Waals surface area (Å²) in [6.07, 6.45) is 0. The number of carbonyl (C=O) groups is 1. The number of aryl methyl sites for hydroxylation is 2. The Morgan fingerprint density at radius 2 is 2.12 bits per heavy atom. The maximum Gasteiger partial charge on any atom is 0.357 e. The molecule has 1 aromatic carbocycles. The monoisotopic (exact) mass is 248 g/mol. The normalized spacial score (nSPS) is 10.5. The summed E-state index contributed by atoms with van der Waals surface area (Å²) in [5.74, 6) is -1.09. The van der Waals surface area contributed by atoms with E-state index in [0.717, 1.165) is 16.7 Å². The van der Waals surface area contributed by atoms with E-state index in [2.05, 4.69) is 4.98 Å². The molecule has 88 valence electrons. The van der Waals surface area contributed by atoms with Crippen molar-refractivity contribution in [3.05, 3.63) is 35.0 Å². The molecule has 0 bridgehead atoms. The Hall–Kier alpha value is -1.88. The number of nitrogen functional groups attached to an aromatic ring is 1. The molecule has 0 amide bonds. The number of carboxylic acids is 1. The van der Waals surface area contributed by atoms with Crippen molar-refractivity contribution in [2.24, 2.45) is 0 Å². The van der Waals surface area contributed by atoms with E-state index in [1.165, 1.54) is 11.3 Å². The number of rotatable bonds is 2. The molecule has 2 aromatic rings. The van der Waals surface area contributed by atoms with Crippen molar-refractivity contribution in [2.75, 3.05) is 5.73 Å². The lowest BCUT2D eigenvalue weighted by Crippen LogP contribution is -2.00. The van der Waals surface area contributed by atoms with Gasteiger partial charge in [0.05, 0.1) is 0 Å². The highest BCUT2D eigenvalue weighted by Gasteiger charge is 2.16. The Morgan fingerprint density at radius 1 is 1.41 bits per heavy atom. The van der Waals surface area contributed by atoms with Crippen molar-refractivity contribution >= 4 is 22.3 Å². The summed E-state index contributed by atoms with van der Waals surface area (Å²) >= 11 is 1.20. The highest BCUT2D eigenvalue weighted by atomic mass is 32.1. The van der Waals surface area contributed by atoms with Crippen LogP contribution in [0, 0.1) is 13.8 Å². The molecule has 3 N–H and O–H groups in total. The minimum absolute atomic E-state index is 0.0640. The highest BCUT2D eigenvalue weighted by molar-refractivity contribution is 7.19. The second-order valence-corrected chi connectivity index (χ2v) is 4.89. The predicted molar refractivity (Wildman–Crippen MR) is 68.4 cm³/mol. The molecule has 0 spiro atoms. The molecule has 17 heavy (non-hydrogen) atoms. The molecule has 1 aromatic heterocycles. The Morgan fingerprint density at radius 3 is 2.71 bits per heavy atom. The Labute approximate surface area is 103 Å². The molecule has 0 saturated carbocycles.